The van der Waals surface area contributed by atoms with Crippen molar-refractivity contribution < 1.29 is 0 Å². The lowest BCUT2D eigenvalue weighted by molar-refractivity contribution is -0.0587. The highest BCUT2D eigenvalue weighted by molar-refractivity contribution is 5.06. The second-order valence-corrected chi connectivity index (χ2v) is 6.54. The molecule has 94 valence electrons. The summed E-state index contributed by atoms with van der Waals surface area (Å²) in [5.41, 5.74) is 0. The molecule has 4 aliphatic rings. The van der Waals surface area contributed by atoms with E-state index in [-0.39, 0.29) is 0 Å². The third kappa shape index (κ3) is 1.68. The molecule has 3 fully saturated rings. The molecular formula is C15H24N2. The van der Waals surface area contributed by atoms with Crippen LogP contribution in [-0.2, 0) is 0 Å². The minimum Gasteiger partial charge on any atom is -0.300 e. The van der Waals surface area contributed by atoms with E-state index in [2.05, 4.69) is 22.0 Å². The number of rotatable bonds is 0. The average Bonchev–Trinajstić information content (AvgIpc) is 2.39. The number of nitrogens with zero attached hydrogens (tertiary/aromatic N) is 2. The Morgan fingerprint density at radius 2 is 1.76 bits per heavy atom. The fraction of sp³-hybridized carbons (Fsp3) is 0.867. The molecule has 2 bridgehead atoms. The molecule has 17 heavy (non-hydrogen) atoms. The van der Waals surface area contributed by atoms with Crippen molar-refractivity contribution in [1.29, 1.82) is 0 Å². The highest BCUT2D eigenvalue weighted by Crippen LogP contribution is 2.41. The molecule has 0 radical (unpaired) electrons. The maximum absolute atomic E-state index is 2.85. The quantitative estimate of drug-likeness (QED) is 0.590. The van der Waals surface area contributed by atoms with Gasteiger partial charge in [0.25, 0.3) is 0 Å². The third-order valence-electron chi connectivity index (χ3n) is 5.65. The fourth-order valence-electron chi connectivity index (χ4n) is 4.91. The second kappa shape index (κ2) is 4.10. The van der Waals surface area contributed by atoms with Gasteiger partial charge in [-0.05, 0) is 44.1 Å². The molecule has 4 rings (SSSR count). The van der Waals surface area contributed by atoms with Crippen LogP contribution in [0.15, 0.2) is 12.2 Å². The van der Waals surface area contributed by atoms with Gasteiger partial charge in [0.05, 0.1) is 0 Å². The molecule has 2 nitrogen and oxygen atoms in total. The van der Waals surface area contributed by atoms with Crippen LogP contribution < -0.4 is 0 Å². The predicted molar refractivity (Wildman–Crippen MR) is 69.9 cm³/mol. The summed E-state index contributed by atoms with van der Waals surface area (Å²) in [7, 11) is 0. The molecule has 0 N–H and O–H groups in total. The van der Waals surface area contributed by atoms with Gasteiger partial charge in [-0.25, -0.2) is 0 Å². The van der Waals surface area contributed by atoms with Crippen LogP contribution in [0.2, 0.25) is 0 Å². The Labute approximate surface area is 105 Å². The molecule has 0 aromatic heterocycles. The first kappa shape index (κ1) is 10.6. The molecule has 4 atom stereocenters. The van der Waals surface area contributed by atoms with Gasteiger partial charge >= 0.3 is 0 Å². The summed E-state index contributed by atoms with van der Waals surface area (Å²) in [6.45, 7) is 5.40. The Morgan fingerprint density at radius 3 is 2.76 bits per heavy atom. The third-order valence-corrected chi connectivity index (χ3v) is 5.65. The summed E-state index contributed by atoms with van der Waals surface area (Å²) in [5.74, 6) is 1.95. The van der Waals surface area contributed by atoms with E-state index in [9.17, 15) is 0 Å². The molecule has 2 heteroatoms. The molecule has 0 spiro atoms. The monoisotopic (exact) mass is 232 g/mol. The second-order valence-electron chi connectivity index (χ2n) is 6.54. The van der Waals surface area contributed by atoms with E-state index in [0.29, 0.717) is 0 Å². The zero-order chi connectivity index (χ0) is 11.2. The zero-order valence-electron chi connectivity index (χ0n) is 10.7. The summed E-state index contributed by atoms with van der Waals surface area (Å²) in [6, 6.07) is 1.81. The Hall–Kier alpha value is -0.340. The van der Waals surface area contributed by atoms with Crippen molar-refractivity contribution in [3.8, 4) is 0 Å². The summed E-state index contributed by atoms with van der Waals surface area (Å²) in [6.07, 6.45) is 12.0. The largest absolute Gasteiger partial charge is 0.300 e. The van der Waals surface area contributed by atoms with Crippen molar-refractivity contribution in [2.75, 3.05) is 26.2 Å². The molecule has 0 aliphatic carbocycles. The molecule has 0 aromatic carbocycles. The van der Waals surface area contributed by atoms with Crippen molar-refractivity contribution in [2.45, 2.75) is 44.2 Å². The molecule has 0 aromatic rings. The average molecular weight is 232 g/mol. The van der Waals surface area contributed by atoms with Gasteiger partial charge in [0.1, 0.15) is 0 Å². The Morgan fingerprint density at radius 1 is 0.882 bits per heavy atom. The van der Waals surface area contributed by atoms with E-state index in [1.54, 1.807) is 0 Å². The van der Waals surface area contributed by atoms with Gasteiger partial charge < -0.3 is 0 Å². The van der Waals surface area contributed by atoms with Gasteiger partial charge in [-0.2, -0.15) is 0 Å². The van der Waals surface area contributed by atoms with E-state index >= 15 is 0 Å². The number of piperidine rings is 3. The maximum Gasteiger partial charge on any atom is 0.0174 e. The van der Waals surface area contributed by atoms with Crippen LogP contribution in [0, 0.1) is 11.8 Å². The molecule has 0 amide bonds. The fourth-order valence-corrected chi connectivity index (χ4v) is 4.91. The van der Waals surface area contributed by atoms with Crippen molar-refractivity contribution in [1.82, 2.24) is 9.80 Å². The first-order chi connectivity index (χ1) is 8.42. The normalized spacial score (nSPS) is 46.4. The molecule has 4 aliphatic heterocycles. The first-order valence-electron chi connectivity index (χ1n) is 7.55. The van der Waals surface area contributed by atoms with Crippen molar-refractivity contribution in [3.05, 3.63) is 12.2 Å². The summed E-state index contributed by atoms with van der Waals surface area (Å²) in [5, 5.41) is 0. The van der Waals surface area contributed by atoms with E-state index in [4.69, 9.17) is 0 Å². The molecule has 3 saturated heterocycles. The zero-order valence-corrected chi connectivity index (χ0v) is 10.7. The standard InChI is InChI=1S/C15H24N2/c1-3-7-16-11-13-9-12(14(16)5-1)10-17-8-4-2-6-15(13)17/h1,3,12-15H,2,4-11H2/t12-,13-,14+,15-/m1/s1. The minimum absolute atomic E-state index is 0.874. The van der Waals surface area contributed by atoms with Crippen molar-refractivity contribution in [3.63, 3.8) is 0 Å². The number of hydrogen-bond donors (Lipinski definition) is 0. The predicted octanol–water partition coefficient (Wildman–Crippen LogP) is 2.12. The van der Waals surface area contributed by atoms with Crippen LogP contribution in [0.4, 0.5) is 0 Å². The summed E-state index contributed by atoms with van der Waals surface area (Å²) in [4.78, 5) is 5.63. The maximum atomic E-state index is 2.85. The number of fused-ring (bicyclic) bond motifs is 6. The topological polar surface area (TPSA) is 6.48 Å². The SMILES string of the molecule is C1=CCN2C[C@H]3C[C@H](CN4CCCC[C@H]34)[C@@H]2C1. The highest BCUT2D eigenvalue weighted by Gasteiger charge is 2.45. The van der Waals surface area contributed by atoms with Gasteiger partial charge in [-0.1, -0.05) is 18.6 Å². The van der Waals surface area contributed by atoms with Gasteiger partial charge in [0.2, 0.25) is 0 Å². The Kier molecular flexibility index (Phi) is 2.55. The van der Waals surface area contributed by atoms with Crippen LogP contribution in [0.1, 0.15) is 32.1 Å². The van der Waals surface area contributed by atoms with Crippen LogP contribution in [0.3, 0.4) is 0 Å². The molecule has 0 unspecified atom stereocenters. The van der Waals surface area contributed by atoms with Gasteiger partial charge in [0, 0.05) is 31.7 Å². The van der Waals surface area contributed by atoms with Crippen LogP contribution in [0.5, 0.6) is 0 Å². The summed E-state index contributed by atoms with van der Waals surface area (Å²) >= 11 is 0. The van der Waals surface area contributed by atoms with Gasteiger partial charge in [-0.15, -0.1) is 0 Å². The highest BCUT2D eigenvalue weighted by atomic mass is 15.2. The molecular weight excluding hydrogens is 208 g/mol. The van der Waals surface area contributed by atoms with Gasteiger partial charge in [-0.3, -0.25) is 9.80 Å². The minimum atomic E-state index is 0.874. The van der Waals surface area contributed by atoms with Crippen LogP contribution >= 0.6 is 0 Å². The van der Waals surface area contributed by atoms with Crippen molar-refractivity contribution >= 4 is 0 Å². The smallest absolute Gasteiger partial charge is 0.0174 e. The lowest BCUT2D eigenvalue weighted by Crippen LogP contribution is -2.62. The first-order valence-corrected chi connectivity index (χ1v) is 7.55. The van der Waals surface area contributed by atoms with Crippen LogP contribution in [-0.4, -0.2) is 48.1 Å². The number of hydrogen-bond acceptors (Lipinski definition) is 2. The Balaban J connectivity index is 1.59. The molecule has 4 heterocycles. The van der Waals surface area contributed by atoms with Gasteiger partial charge in [0.15, 0.2) is 0 Å². The van der Waals surface area contributed by atoms with Crippen LogP contribution in [0.25, 0.3) is 0 Å². The summed E-state index contributed by atoms with van der Waals surface area (Å²) < 4.78 is 0. The van der Waals surface area contributed by atoms with E-state index in [1.165, 1.54) is 58.3 Å². The lowest BCUT2D eigenvalue weighted by Gasteiger charge is -2.56. The van der Waals surface area contributed by atoms with Crippen molar-refractivity contribution in [2.24, 2.45) is 11.8 Å². The lowest BCUT2D eigenvalue weighted by atomic mass is 9.71. The van der Waals surface area contributed by atoms with E-state index < -0.39 is 0 Å². The molecule has 0 saturated carbocycles. The van der Waals surface area contributed by atoms with E-state index in [1.807, 2.05) is 0 Å². The Bertz CT molecular complexity index is 325. The van der Waals surface area contributed by atoms with E-state index in [0.717, 1.165) is 23.9 Å².